The van der Waals surface area contributed by atoms with Crippen LogP contribution in [0.1, 0.15) is 42.3 Å². The summed E-state index contributed by atoms with van der Waals surface area (Å²) in [7, 11) is 0. The summed E-state index contributed by atoms with van der Waals surface area (Å²) in [6, 6.07) is 16.2. The smallest absolute Gasteiger partial charge is 0.255 e. The van der Waals surface area contributed by atoms with Gasteiger partial charge in [-0.3, -0.25) is 9.69 Å². The van der Waals surface area contributed by atoms with Crippen LogP contribution in [0.5, 0.6) is 0 Å². The second kappa shape index (κ2) is 7.93. The van der Waals surface area contributed by atoms with Gasteiger partial charge in [-0.05, 0) is 57.1 Å². The number of hydrogen-bond donors (Lipinski definition) is 1. The average Bonchev–Trinajstić information content (AvgIpc) is 2.55. The highest BCUT2D eigenvalue weighted by atomic mass is 16.1. The number of rotatable bonds is 6. The largest absolute Gasteiger partial charge is 0.322 e. The molecule has 0 saturated heterocycles. The van der Waals surface area contributed by atoms with Crippen LogP contribution in [0.25, 0.3) is 0 Å². The number of anilines is 1. The van der Waals surface area contributed by atoms with E-state index in [1.807, 2.05) is 55.5 Å². The lowest BCUT2D eigenvalue weighted by Gasteiger charge is -2.24. The molecule has 0 aliphatic rings. The lowest BCUT2D eigenvalue weighted by molar-refractivity contribution is 0.102. The number of carbonyl (C=O) groups excluding carboxylic acids is 1. The average molecular weight is 310 g/mol. The number of nitrogens with one attached hydrogen (secondary N) is 1. The highest BCUT2D eigenvalue weighted by Crippen LogP contribution is 2.13. The molecule has 0 spiro atoms. The lowest BCUT2D eigenvalue weighted by atomic mass is 10.1. The minimum Gasteiger partial charge on any atom is -0.322 e. The zero-order valence-electron chi connectivity index (χ0n) is 14.5. The molecule has 0 bridgehead atoms. The molecule has 2 aromatic rings. The maximum Gasteiger partial charge on any atom is 0.255 e. The maximum absolute atomic E-state index is 12.3. The predicted octanol–water partition coefficient (Wildman–Crippen LogP) is 4.48. The van der Waals surface area contributed by atoms with Gasteiger partial charge in [0.2, 0.25) is 0 Å². The van der Waals surface area contributed by atoms with E-state index in [1.165, 1.54) is 11.1 Å². The Hall–Kier alpha value is -2.13. The Morgan fingerprint density at radius 2 is 1.65 bits per heavy atom. The minimum absolute atomic E-state index is 0.0726. The molecule has 0 aromatic heterocycles. The molecule has 1 N–H and O–H groups in total. The molecule has 0 unspecified atom stereocenters. The van der Waals surface area contributed by atoms with Crippen LogP contribution in [0.3, 0.4) is 0 Å². The molecular weight excluding hydrogens is 284 g/mol. The zero-order chi connectivity index (χ0) is 16.8. The molecule has 0 radical (unpaired) electrons. The van der Waals surface area contributed by atoms with E-state index >= 15 is 0 Å². The van der Waals surface area contributed by atoms with Gasteiger partial charge < -0.3 is 5.32 Å². The highest BCUT2D eigenvalue weighted by Gasteiger charge is 2.09. The number of benzene rings is 2. The van der Waals surface area contributed by atoms with Crippen LogP contribution in [0, 0.1) is 6.92 Å². The van der Waals surface area contributed by atoms with Crippen molar-refractivity contribution in [2.75, 3.05) is 11.9 Å². The van der Waals surface area contributed by atoms with Crippen molar-refractivity contribution in [1.82, 2.24) is 4.90 Å². The van der Waals surface area contributed by atoms with E-state index in [1.54, 1.807) is 0 Å². The Bertz CT molecular complexity index is 630. The van der Waals surface area contributed by atoms with Crippen LogP contribution in [0.15, 0.2) is 48.5 Å². The first-order valence-corrected chi connectivity index (χ1v) is 8.20. The van der Waals surface area contributed by atoms with Gasteiger partial charge in [0.15, 0.2) is 0 Å². The molecule has 3 heteroatoms. The number of nitrogens with zero attached hydrogens (tertiary/aromatic N) is 1. The van der Waals surface area contributed by atoms with Gasteiger partial charge in [-0.25, -0.2) is 0 Å². The van der Waals surface area contributed by atoms with Gasteiger partial charge in [0.05, 0.1) is 0 Å². The molecule has 2 aromatic carbocycles. The van der Waals surface area contributed by atoms with Gasteiger partial charge in [0, 0.05) is 23.8 Å². The number of aryl methyl sites for hydroxylation is 1. The maximum atomic E-state index is 12.3. The molecule has 3 nitrogen and oxygen atoms in total. The summed E-state index contributed by atoms with van der Waals surface area (Å²) in [6.07, 6.45) is 0. The van der Waals surface area contributed by atoms with Crippen molar-refractivity contribution in [3.63, 3.8) is 0 Å². The van der Waals surface area contributed by atoms with Crippen molar-refractivity contribution in [2.24, 2.45) is 0 Å². The van der Waals surface area contributed by atoms with Gasteiger partial charge in [-0.1, -0.05) is 36.8 Å². The van der Waals surface area contributed by atoms with Gasteiger partial charge in [-0.2, -0.15) is 0 Å². The Morgan fingerprint density at radius 1 is 1.04 bits per heavy atom. The van der Waals surface area contributed by atoms with Crippen molar-refractivity contribution < 1.29 is 4.79 Å². The van der Waals surface area contributed by atoms with Crippen molar-refractivity contribution in [3.05, 3.63) is 65.2 Å². The summed E-state index contributed by atoms with van der Waals surface area (Å²) in [5.74, 6) is -0.0726. The fourth-order valence-corrected chi connectivity index (χ4v) is 2.50. The molecular formula is C20H26N2O. The molecule has 2 rings (SSSR count). The standard InChI is InChI=1S/C20H26N2O/c1-5-22(15(2)3)14-17-8-10-18(11-9-17)20(23)21-19-12-6-16(4)7-13-19/h6-13,15H,5,14H2,1-4H3,(H,21,23). The molecule has 122 valence electrons. The molecule has 0 aliphatic heterocycles. The van der Waals surface area contributed by atoms with E-state index in [-0.39, 0.29) is 5.91 Å². The van der Waals surface area contributed by atoms with E-state index in [4.69, 9.17) is 0 Å². The van der Waals surface area contributed by atoms with E-state index < -0.39 is 0 Å². The summed E-state index contributed by atoms with van der Waals surface area (Å²) in [4.78, 5) is 14.7. The highest BCUT2D eigenvalue weighted by molar-refractivity contribution is 6.04. The van der Waals surface area contributed by atoms with E-state index in [9.17, 15) is 4.79 Å². The molecule has 0 heterocycles. The third kappa shape index (κ3) is 4.93. The summed E-state index contributed by atoms with van der Waals surface area (Å²) in [5, 5.41) is 2.93. The molecule has 23 heavy (non-hydrogen) atoms. The van der Waals surface area contributed by atoms with Crippen molar-refractivity contribution in [2.45, 2.75) is 40.3 Å². The van der Waals surface area contributed by atoms with Crippen LogP contribution in [0.2, 0.25) is 0 Å². The van der Waals surface area contributed by atoms with Crippen LogP contribution in [-0.2, 0) is 6.54 Å². The van der Waals surface area contributed by atoms with E-state index in [0.717, 1.165) is 18.8 Å². The normalized spacial score (nSPS) is 11.0. The molecule has 1 amide bonds. The van der Waals surface area contributed by atoms with Gasteiger partial charge in [-0.15, -0.1) is 0 Å². The van der Waals surface area contributed by atoms with Gasteiger partial charge in [0.25, 0.3) is 5.91 Å². The van der Waals surface area contributed by atoms with E-state index in [0.29, 0.717) is 11.6 Å². The molecule has 0 aliphatic carbocycles. The van der Waals surface area contributed by atoms with Crippen LogP contribution < -0.4 is 5.32 Å². The Balaban J connectivity index is 2.01. The quantitative estimate of drug-likeness (QED) is 0.853. The SMILES string of the molecule is CCN(Cc1ccc(C(=O)Nc2ccc(C)cc2)cc1)C(C)C. The Labute approximate surface area is 139 Å². The summed E-state index contributed by atoms with van der Waals surface area (Å²) in [6.45, 7) is 10.5. The van der Waals surface area contributed by atoms with Crippen LogP contribution in [-0.4, -0.2) is 23.4 Å². The van der Waals surface area contributed by atoms with E-state index in [2.05, 4.69) is 31.0 Å². The van der Waals surface area contributed by atoms with Gasteiger partial charge >= 0.3 is 0 Å². The topological polar surface area (TPSA) is 32.3 Å². The Morgan fingerprint density at radius 3 is 2.17 bits per heavy atom. The molecule has 0 fully saturated rings. The monoisotopic (exact) mass is 310 g/mol. The van der Waals surface area contributed by atoms with Crippen LogP contribution in [0.4, 0.5) is 5.69 Å². The second-order valence-corrected chi connectivity index (χ2v) is 6.17. The second-order valence-electron chi connectivity index (χ2n) is 6.17. The Kier molecular flexibility index (Phi) is 5.94. The number of amides is 1. The number of hydrogen-bond acceptors (Lipinski definition) is 2. The number of carbonyl (C=O) groups is 1. The third-order valence-corrected chi connectivity index (χ3v) is 4.05. The fourth-order valence-electron chi connectivity index (χ4n) is 2.50. The van der Waals surface area contributed by atoms with Gasteiger partial charge in [0.1, 0.15) is 0 Å². The lowest BCUT2D eigenvalue weighted by Crippen LogP contribution is -2.29. The first-order valence-electron chi connectivity index (χ1n) is 8.20. The predicted molar refractivity (Wildman–Crippen MR) is 96.8 cm³/mol. The first kappa shape index (κ1) is 17.2. The first-order chi connectivity index (χ1) is 11.0. The van der Waals surface area contributed by atoms with Crippen LogP contribution >= 0.6 is 0 Å². The summed E-state index contributed by atoms with van der Waals surface area (Å²) >= 11 is 0. The van der Waals surface area contributed by atoms with Crippen molar-refractivity contribution >= 4 is 11.6 Å². The third-order valence-electron chi connectivity index (χ3n) is 4.05. The molecule has 0 atom stereocenters. The van der Waals surface area contributed by atoms with Crippen molar-refractivity contribution in [1.29, 1.82) is 0 Å². The summed E-state index contributed by atoms with van der Waals surface area (Å²) < 4.78 is 0. The molecule has 0 saturated carbocycles. The summed E-state index contributed by atoms with van der Waals surface area (Å²) in [5.41, 5.74) is 3.91. The zero-order valence-corrected chi connectivity index (χ0v) is 14.5. The minimum atomic E-state index is -0.0726. The van der Waals surface area contributed by atoms with Crippen molar-refractivity contribution in [3.8, 4) is 0 Å². The fraction of sp³-hybridized carbons (Fsp3) is 0.350.